The average Bonchev–Trinajstić information content (AvgIpc) is 3.14. The smallest absolute Gasteiger partial charge is 0.340 e. The SMILES string of the molecule is CSCC(NC(=O)Cc1c(C)c2cc3c(-c4ccccc4)c(C)oc3c(C)c2oc1=O)C(=O)O. The van der Waals surface area contributed by atoms with Crippen LogP contribution in [0.1, 0.15) is 22.5 Å². The maximum absolute atomic E-state index is 12.8. The third kappa shape index (κ3) is 4.21. The molecule has 1 atom stereocenters. The molecular weight excluding hydrogens is 454 g/mol. The van der Waals surface area contributed by atoms with Crippen molar-refractivity contribution in [1.29, 1.82) is 0 Å². The Labute approximate surface area is 200 Å². The highest BCUT2D eigenvalue weighted by molar-refractivity contribution is 7.98. The van der Waals surface area contributed by atoms with Crippen molar-refractivity contribution in [1.82, 2.24) is 5.32 Å². The summed E-state index contributed by atoms with van der Waals surface area (Å²) in [6, 6.07) is 10.8. The number of carboxylic acids is 1. The lowest BCUT2D eigenvalue weighted by atomic mass is 9.96. The molecule has 4 aromatic rings. The maximum atomic E-state index is 12.8. The van der Waals surface area contributed by atoms with E-state index < -0.39 is 23.5 Å². The monoisotopic (exact) mass is 479 g/mol. The normalized spacial score (nSPS) is 12.2. The fraction of sp³-hybridized carbons (Fsp3) is 0.269. The van der Waals surface area contributed by atoms with Gasteiger partial charge < -0.3 is 19.3 Å². The summed E-state index contributed by atoms with van der Waals surface area (Å²) in [6.45, 7) is 5.52. The van der Waals surface area contributed by atoms with Crippen LogP contribution in [0, 0.1) is 20.8 Å². The van der Waals surface area contributed by atoms with Crippen LogP contribution in [0.4, 0.5) is 0 Å². The van der Waals surface area contributed by atoms with Crippen LogP contribution in [0.15, 0.2) is 50.0 Å². The summed E-state index contributed by atoms with van der Waals surface area (Å²) >= 11 is 1.31. The quantitative estimate of drug-likeness (QED) is 0.373. The minimum atomic E-state index is -1.12. The molecule has 0 saturated heterocycles. The van der Waals surface area contributed by atoms with Gasteiger partial charge in [0.25, 0.3) is 0 Å². The molecule has 0 aliphatic carbocycles. The molecule has 0 fully saturated rings. The molecule has 0 radical (unpaired) electrons. The first-order valence-electron chi connectivity index (χ1n) is 10.8. The zero-order valence-corrected chi connectivity index (χ0v) is 20.2. The predicted molar refractivity (Wildman–Crippen MR) is 134 cm³/mol. The van der Waals surface area contributed by atoms with Crippen molar-refractivity contribution in [2.24, 2.45) is 0 Å². The molecule has 176 valence electrons. The topological polar surface area (TPSA) is 110 Å². The molecule has 1 unspecified atom stereocenters. The highest BCUT2D eigenvalue weighted by Crippen LogP contribution is 2.39. The number of nitrogens with one attached hydrogen (secondary N) is 1. The van der Waals surface area contributed by atoms with E-state index in [1.54, 1.807) is 13.2 Å². The number of thioether (sulfide) groups is 1. The minimum Gasteiger partial charge on any atom is -0.480 e. The molecule has 2 aromatic carbocycles. The summed E-state index contributed by atoms with van der Waals surface area (Å²) in [5.74, 6) is -0.677. The van der Waals surface area contributed by atoms with Crippen molar-refractivity contribution in [3.05, 3.63) is 69.3 Å². The summed E-state index contributed by atoms with van der Waals surface area (Å²) in [5, 5.41) is 13.4. The molecule has 4 rings (SSSR count). The zero-order valence-electron chi connectivity index (χ0n) is 19.4. The fourth-order valence-corrected chi connectivity index (χ4v) is 4.85. The largest absolute Gasteiger partial charge is 0.480 e. The van der Waals surface area contributed by atoms with E-state index in [1.807, 2.05) is 50.2 Å². The molecule has 2 aromatic heterocycles. The van der Waals surface area contributed by atoms with Crippen molar-refractivity contribution < 1.29 is 23.5 Å². The van der Waals surface area contributed by atoms with Gasteiger partial charge >= 0.3 is 11.6 Å². The van der Waals surface area contributed by atoms with E-state index >= 15 is 0 Å². The Morgan fingerprint density at radius 2 is 1.71 bits per heavy atom. The second kappa shape index (κ2) is 9.38. The van der Waals surface area contributed by atoms with Gasteiger partial charge in [-0.15, -0.1) is 0 Å². The second-order valence-corrected chi connectivity index (χ2v) is 9.15. The number of amides is 1. The molecule has 1 amide bonds. The third-order valence-corrected chi connectivity index (χ3v) is 6.67. The predicted octanol–water partition coefficient (Wildman–Crippen LogP) is 4.61. The van der Waals surface area contributed by atoms with Gasteiger partial charge in [-0.2, -0.15) is 11.8 Å². The summed E-state index contributed by atoms with van der Waals surface area (Å²) in [7, 11) is 0. The number of aryl methyl sites for hydroxylation is 3. The van der Waals surface area contributed by atoms with Crippen molar-refractivity contribution in [2.75, 3.05) is 12.0 Å². The number of carbonyl (C=O) groups is 2. The number of carbonyl (C=O) groups excluding carboxylic acids is 1. The first kappa shape index (κ1) is 23.6. The summed E-state index contributed by atoms with van der Waals surface area (Å²) in [5.41, 5.74) is 3.97. The molecule has 7 nitrogen and oxygen atoms in total. The second-order valence-electron chi connectivity index (χ2n) is 8.24. The van der Waals surface area contributed by atoms with Gasteiger partial charge in [-0.3, -0.25) is 4.79 Å². The van der Waals surface area contributed by atoms with Crippen LogP contribution < -0.4 is 10.9 Å². The molecule has 0 aliphatic heterocycles. The summed E-state index contributed by atoms with van der Waals surface area (Å²) in [4.78, 5) is 36.8. The number of hydrogen-bond donors (Lipinski definition) is 2. The molecule has 0 aliphatic rings. The van der Waals surface area contributed by atoms with Crippen LogP contribution in [0.25, 0.3) is 33.1 Å². The van der Waals surface area contributed by atoms with Crippen LogP contribution in [0.3, 0.4) is 0 Å². The number of carboxylic acid groups (broad SMARTS) is 1. The number of hydrogen-bond acceptors (Lipinski definition) is 6. The fourth-order valence-electron chi connectivity index (χ4n) is 4.29. The van der Waals surface area contributed by atoms with Crippen molar-refractivity contribution >= 4 is 45.6 Å². The van der Waals surface area contributed by atoms with Gasteiger partial charge in [-0.05, 0) is 44.2 Å². The zero-order chi connectivity index (χ0) is 24.6. The molecule has 0 spiro atoms. The Morgan fingerprint density at radius 1 is 1.03 bits per heavy atom. The van der Waals surface area contributed by atoms with Crippen LogP contribution in [-0.4, -0.2) is 35.0 Å². The van der Waals surface area contributed by atoms with Gasteiger partial charge in [0.15, 0.2) is 0 Å². The Bertz CT molecular complexity index is 1470. The van der Waals surface area contributed by atoms with E-state index in [4.69, 9.17) is 8.83 Å². The Balaban J connectivity index is 1.83. The summed E-state index contributed by atoms with van der Waals surface area (Å²) in [6.07, 6.45) is 1.49. The van der Waals surface area contributed by atoms with Crippen LogP contribution in [0.5, 0.6) is 0 Å². The third-order valence-electron chi connectivity index (χ3n) is 6.00. The molecule has 34 heavy (non-hydrogen) atoms. The number of benzene rings is 2. The first-order valence-corrected chi connectivity index (χ1v) is 12.2. The maximum Gasteiger partial charge on any atom is 0.340 e. The van der Waals surface area contributed by atoms with Crippen LogP contribution in [-0.2, 0) is 16.0 Å². The Kier molecular flexibility index (Phi) is 6.52. The first-order chi connectivity index (χ1) is 16.2. The van der Waals surface area contributed by atoms with Gasteiger partial charge in [0, 0.05) is 27.7 Å². The van der Waals surface area contributed by atoms with E-state index in [0.29, 0.717) is 27.7 Å². The van der Waals surface area contributed by atoms with Gasteiger partial charge in [0.1, 0.15) is 23.0 Å². The van der Waals surface area contributed by atoms with Gasteiger partial charge in [-0.1, -0.05) is 30.3 Å². The van der Waals surface area contributed by atoms with Crippen molar-refractivity contribution in [2.45, 2.75) is 33.2 Å². The number of aliphatic carboxylic acids is 1. The molecule has 2 N–H and O–H groups in total. The number of furan rings is 1. The van der Waals surface area contributed by atoms with Crippen molar-refractivity contribution in [3.8, 4) is 11.1 Å². The lowest BCUT2D eigenvalue weighted by molar-refractivity contribution is -0.141. The number of fused-ring (bicyclic) bond motifs is 2. The molecular formula is C26H25NO6S. The standard InChI is InChI=1S/C26H25NO6S/c1-13-17-10-19-22(16-8-6-5-7-9-16)15(3)32-24(19)14(2)23(17)33-26(31)18(13)11-21(28)27-20(12-34-4)25(29)30/h5-10,20H,11-12H2,1-4H3,(H,27,28)(H,29,30). The van der Waals surface area contributed by atoms with E-state index in [1.165, 1.54) is 11.8 Å². The van der Waals surface area contributed by atoms with Gasteiger partial charge in [0.2, 0.25) is 5.91 Å². The Morgan fingerprint density at radius 3 is 2.35 bits per heavy atom. The van der Waals surface area contributed by atoms with Gasteiger partial charge in [-0.25, -0.2) is 9.59 Å². The average molecular weight is 480 g/mol. The molecule has 0 bridgehead atoms. The highest BCUT2D eigenvalue weighted by Gasteiger charge is 2.24. The molecule has 0 saturated carbocycles. The Hall–Kier alpha value is -3.52. The molecule has 8 heteroatoms. The van der Waals surface area contributed by atoms with E-state index in [0.717, 1.165) is 22.3 Å². The van der Waals surface area contributed by atoms with E-state index in [2.05, 4.69) is 5.32 Å². The summed E-state index contributed by atoms with van der Waals surface area (Å²) < 4.78 is 11.7. The minimum absolute atomic E-state index is 0.207. The molecule has 2 heterocycles. The lowest BCUT2D eigenvalue weighted by Gasteiger charge is -2.14. The van der Waals surface area contributed by atoms with E-state index in [9.17, 15) is 19.5 Å². The van der Waals surface area contributed by atoms with Crippen LogP contribution >= 0.6 is 11.8 Å². The lowest BCUT2D eigenvalue weighted by Crippen LogP contribution is -2.43. The van der Waals surface area contributed by atoms with Crippen LogP contribution in [0.2, 0.25) is 0 Å². The highest BCUT2D eigenvalue weighted by atomic mass is 32.2. The van der Waals surface area contributed by atoms with Crippen molar-refractivity contribution in [3.63, 3.8) is 0 Å². The number of rotatable bonds is 7. The van der Waals surface area contributed by atoms with E-state index in [-0.39, 0.29) is 17.7 Å². The van der Waals surface area contributed by atoms with Gasteiger partial charge in [0.05, 0.1) is 12.0 Å².